The van der Waals surface area contributed by atoms with Gasteiger partial charge >= 0.3 is 23.1 Å². The van der Waals surface area contributed by atoms with Crippen LogP contribution in [0.4, 0.5) is 0 Å². The number of rotatable bonds is 4. The van der Waals surface area contributed by atoms with E-state index in [9.17, 15) is 0 Å². The van der Waals surface area contributed by atoms with Gasteiger partial charge in [-0.1, -0.05) is 27.2 Å². The SMILES string of the molecule is CCCCOc1c(C)c[c-]cc1C.[Br-].[Mg+2]. The van der Waals surface area contributed by atoms with Crippen molar-refractivity contribution in [3.63, 3.8) is 0 Å². The monoisotopic (exact) mass is 280 g/mol. The van der Waals surface area contributed by atoms with Gasteiger partial charge in [0.1, 0.15) is 0 Å². The minimum absolute atomic E-state index is 0. The van der Waals surface area contributed by atoms with Crippen LogP contribution in [-0.4, -0.2) is 29.7 Å². The van der Waals surface area contributed by atoms with Gasteiger partial charge < -0.3 is 21.7 Å². The quantitative estimate of drug-likeness (QED) is 0.426. The van der Waals surface area contributed by atoms with E-state index in [0.29, 0.717) is 0 Å². The molecule has 1 aromatic rings. The van der Waals surface area contributed by atoms with Crippen LogP contribution in [0.15, 0.2) is 12.1 Å². The normalized spacial score (nSPS) is 8.73. The number of ether oxygens (including phenoxy) is 1. The molecule has 0 N–H and O–H groups in total. The Bertz CT molecular complexity index is 256. The van der Waals surface area contributed by atoms with Crippen molar-refractivity contribution in [1.29, 1.82) is 0 Å². The van der Waals surface area contributed by atoms with E-state index in [4.69, 9.17) is 4.74 Å². The molecular formula is C12H17BrMgO. The topological polar surface area (TPSA) is 9.23 Å². The van der Waals surface area contributed by atoms with Crippen LogP contribution in [0.25, 0.3) is 0 Å². The molecule has 0 unspecified atom stereocenters. The molecule has 1 nitrogen and oxygen atoms in total. The van der Waals surface area contributed by atoms with Gasteiger partial charge in [-0.3, -0.25) is 0 Å². The van der Waals surface area contributed by atoms with Crippen molar-refractivity contribution < 1.29 is 21.7 Å². The van der Waals surface area contributed by atoms with Crippen molar-refractivity contribution in [3.05, 3.63) is 29.3 Å². The van der Waals surface area contributed by atoms with Gasteiger partial charge in [-0.05, 0) is 6.42 Å². The third-order valence-electron chi connectivity index (χ3n) is 2.06. The predicted octanol–water partition coefficient (Wildman–Crippen LogP) is -0.0943. The fourth-order valence-corrected chi connectivity index (χ4v) is 1.28. The summed E-state index contributed by atoms with van der Waals surface area (Å²) in [7, 11) is 0. The maximum absolute atomic E-state index is 5.69. The van der Waals surface area contributed by atoms with Crippen LogP contribution in [0.5, 0.6) is 5.75 Å². The van der Waals surface area contributed by atoms with Crippen LogP contribution in [0.1, 0.15) is 30.9 Å². The number of hydrogen-bond donors (Lipinski definition) is 0. The van der Waals surface area contributed by atoms with Crippen LogP contribution in [0.2, 0.25) is 0 Å². The Labute approximate surface area is 120 Å². The molecule has 1 aromatic carbocycles. The van der Waals surface area contributed by atoms with Crippen molar-refractivity contribution in [1.82, 2.24) is 0 Å². The third kappa shape index (κ3) is 5.78. The van der Waals surface area contributed by atoms with E-state index in [1.165, 1.54) is 17.5 Å². The van der Waals surface area contributed by atoms with Crippen LogP contribution in [-0.2, 0) is 0 Å². The summed E-state index contributed by atoms with van der Waals surface area (Å²) in [5.74, 6) is 1.03. The first-order valence-corrected chi connectivity index (χ1v) is 4.85. The summed E-state index contributed by atoms with van der Waals surface area (Å²) in [6.45, 7) is 7.11. The molecule has 0 aliphatic heterocycles. The van der Waals surface area contributed by atoms with Crippen molar-refractivity contribution >= 4 is 23.1 Å². The molecule has 3 heteroatoms. The summed E-state index contributed by atoms with van der Waals surface area (Å²) in [5, 5.41) is 0. The summed E-state index contributed by atoms with van der Waals surface area (Å²) in [6, 6.07) is 7.01. The number of halogens is 1. The first-order chi connectivity index (χ1) is 6.25. The van der Waals surface area contributed by atoms with Crippen LogP contribution >= 0.6 is 0 Å². The summed E-state index contributed by atoms with van der Waals surface area (Å²) < 4.78 is 5.69. The van der Waals surface area contributed by atoms with E-state index in [0.717, 1.165) is 18.8 Å². The molecule has 1 rings (SSSR count). The second kappa shape index (κ2) is 9.49. The smallest absolute Gasteiger partial charge is 1.00 e. The average molecular weight is 281 g/mol. The van der Waals surface area contributed by atoms with Gasteiger partial charge in [0.15, 0.2) is 0 Å². The van der Waals surface area contributed by atoms with Crippen LogP contribution < -0.4 is 21.7 Å². The third-order valence-corrected chi connectivity index (χ3v) is 2.06. The fourth-order valence-electron chi connectivity index (χ4n) is 1.28. The Morgan fingerprint density at radius 1 is 1.20 bits per heavy atom. The molecule has 0 aliphatic carbocycles. The van der Waals surface area contributed by atoms with Gasteiger partial charge in [0.05, 0.1) is 6.61 Å². The fraction of sp³-hybridized carbons (Fsp3) is 0.500. The van der Waals surface area contributed by atoms with Gasteiger partial charge in [-0.25, -0.2) is 0 Å². The Hall–Kier alpha value is 0.266. The Balaban J connectivity index is 0. The predicted molar refractivity (Wildman–Crippen MR) is 60.9 cm³/mol. The Morgan fingerprint density at radius 2 is 1.73 bits per heavy atom. The number of hydrogen-bond acceptors (Lipinski definition) is 1. The molecule has 80 valence electrons. The molecule has 0 aliphatic rings. The number of unbranched alkanes of at least 4 members (excludes halogenated alkanes) is 1. The van der Waals surface area contributed by atoms with Gasteiger partial charge in [0.25, 0.3) is 0 Å². The minimum atomic E-state index is 0. The van der Waals surface area contributed by atoms with E-state index in [2.05, 4.69) is 26.8 Å². The summed E-state index contributed by atoms with van der Waals surface area (Å²) in [4.78, 5) is 0. The number of benzene rings is 1. The van der Waals surface area contributed by atoms with E-state index in [1.54, 1.807) is 0 Å². The molecule has 0 heterocycles. The maximum Gasteiger partial charge on any atom is 2.00 e. The van der Waals surface area contributed by atoms with Crippen LogP contribution in [0, 0.1) is 19.9 Å². The van der Waals surface area contributed by atoms with Crippen LogP contribution in [0.3, 0.4) is 0 Å². The molecule has 0 saturated heterocycles. The van der Waals surface area contributed by atoms with Crippen molar-refractivity contribution in [2.45, 2.75) is 33.6 Å². The molecule has 15 heavy (non-hydrogen) atoms. The molecule has 0 bridgehead atoms. The van der Waals surface area contributed by atoms with E-state index >= 15 is 0 Å². The van der Waals surface area contributed by atoms with Gasteiger partial charge in [0.2, 0.25) is 0 Å². The number of aryl methyl sites for hydroxylation is 2. The maximum atomic E-state index is 5.69. The molecule has 0 atom stereocenters. The molecule has 0 spiro atoms. The largest absolute Gasteiger partial charge is 2.00 e. The van der Waals surface area contributed by atoms with Gasteiger partial charge in [0, 0.05) is 5.75 Å². The summed E-state index contributed by atoms with van der Waals surface area (Å²) in [5.41, 5.74) is 2.35. The zero-order valence-electron chi connectivity index (χ0n) is 9.77. The Morgan fingerprint density at radius 3 is 2.20 bits per heavy atom. The summed E-state index contributed by atoms with van der Waals surface area (Å²) in [6.07, 6.45) is 2.30. The first kappa shape index (κ1) is 17.7. The summed E-state index contributed by atoms with van der Waals surface area (Å²) >= 11 is 0. The molecular weight excluding hydrogens is 264 g/mol. The van der Waals surface area contributed by atoms with E-state index in [1.807, 2.05) is 12.1 Å². The molecule has 0 radical (unpaired) electrons. The van der Waals surface area contributed by atoms with Crippen molar-refractivity contribution in [2.75, 3.05) is 6.61 Å². The molecule has 0 fully saturated rings. The standard InChI is InChI=1S/C12H17O.BrH.Mg/c1-4-5-9-13-12-10(2)7-6-8-11(12)3;;/h7-8H,4-5,9H2,1-3H3;1H;/q-1;;+2/p-1. The van der Waals surface area contributed by atoms with Crippen molar-refractivity contribution in [3.8, 4) is 5.75 Å². The second-order valence-electron chi connectivity index (χ2n) is 3.35. The zero-order chi connectivity index (χ0) is 9.68. The van der Waals surface area contributed by atoms with Gasteiger partial charge in [-0.15, -0.1) is 11.1 Å². The van der Waals surface area contributed by atoms with E-state index in [-0.39, 0.29) is 40.0 Å². The minimum Gasteiger partial charge on any atom is -1.00 e. The average Bonchev–Trinajstić information content (AvgIpc) is 2.10. The molecule has 0 aromatic heterocycles. The zero-order valence-corrected chi connectivity index (χ0v) is 12.8. The first-order valence-electron chi connectivity index (χ1n) is 4.85. The molecule has 0 amide bonds. The van der Waals surface area contributed by atoms with Gasteiger partial charge in [-0.2, -0.15) is 18.2 Å². The second-order valence-corrected chi connectivity index (χ2v) is 3.35. The Kier molecular flexibility index (Phi) is 11.2. The van der Waals surface area contributed by atoms with E-state index < -0.39 is 0 Å². The van der Waals surface area contributed by atoms with Crippen molar-refractivity contribution in [2.24, 2.45) is 0 Å². The molecule has 0 saturated carbocycles.